The van der Waals surface area contributed by atoms with Crippen molar-refractivity contribution in [3.63, 3.8) is 0 Å². The first-order valence-corrected chi connectivity index (χ1v) is 7.94. The smallest absolute Gasteiger partial charge is 0.236 e. The van der Waals surface area contributed by atoms with Gasteiger partial charge in [0.25, 0.3) is 0 Å². The van der Waals surface area contributed by atoms with Crippen LogP contribution in [0.2, 0.25) is 0 Å². The number of amides is 1. The number of nitrogens with zero attached hydrogens (tertiary/aromatic N) is 2. The maximum absolute atomic E-state index is 13.7. The van der Waals surface area contributed by atoms with Gasteiger partial charge >= 0.3 is 0 Å². The number of hydrogen-bond donors (Lipinski definition) is 0. The van der Waals surface area contributed by atoms with Crippen LogP contribution in [-0.4, -0.2) is 41.9 Å². The van der Waals surface area contributed by atoms with E-state index in [1.165, 1.54) is 18.2 Å². The minimum Gasteiger partial charge on any atom is -0.342 e. The Labute approximate surface area is 130 Å². The van der Waals surface area contributed by atoms with E-state index >= 15 is 0 Å². The van der Waals surface area contributed by atoms with Crippen molar-refractivity contribution in [1.29, 1.82) is 0 Å². The van der Waals surface area contributed by atoms with Crippen LogP contribution < -0.4 is 0 Å². The van der Waals surface area contributed by atoms with Gasteiger partial charge in [-0.3, -0.25) is 9.69 Å². The molecule has 0 saturated carbocycles. The van der Waals surface area contributed by atoms with Crippen molar-refractivity contribution in [1.82, 2.24) is 9.80 Å². The second-order valence-corrected chi connectivity index (χ2v) is 6.07. The predicted molar refractivity (Wildman–Crippen MR) is 82.3 cm³/mol. The molecule has 1 aromatic rings. The molecule has 3 nitrogen and oxygen atoms in total. The number of likely N-dealkylation sites (tertiary alicyclic amines) is 1. The molecule has 2 rings (SSSR count). The van der Waals surface area contributed by atoms with Gasteiger partial charge in [-0.1, -0.05) is 19.9 Å². The fourth-order valence-electron chi connectivity index (χ4n) is 2.74. The van der Waals surface area contributed by atoms with Gasteiger partial charge in [0.1, 0.15) is 11.6 Å². The molecule has 0 unspecified atom stereocenters. The molecule has 0 bridgehead atoms. The normalized spacial score (nSPS) is 16.3. The van der Waals surface area contributed by atoms with E-state index in [4.69, 9.17) is 0 Å². The van der Waals surface area contributed by atoms with Crippen LogP contribution in [0.25, 0.3) is 0 Å². The van der Waals surface area contributed by atoms with Gasteiger partial charge in [0.15, 0.2) is 0 Å². The molecule has 5 heteroatoms. The molecule has 1 fully saturated rings. The highest BCUT2D eigenvalue weighted by Gasteiger charge is 2.22. The SMILES string of the molecule is CCN(CC(=O)N1CCC(C)CC1)Cc1c(F)cccc1F. The van der Waals surface area contributed by atoms with Crippen molar-refractivity contribution in [2.24, 2.45) is 5.92 Å². The van der Waals surface area contributed by atoms with E-state index in [9.17, 15) is 13.6 Å². The minimum atomic E-state index is -0.558. The number of hydrogen-bond acceptors (Lipinski definition) is 2. The number of likely N-dealkylation sites (N-methyl/N-ethyl adjacent to an activating group) is 1. The summed E-state index contributed by atoms with van der Waals surface area (Å²) in [7, 11) is 0. The van der Waals surface area contributed by atoms with E-state index < -0.39 is 11.6 Å². The summed E-state index contributed by atoms with van der Waals surface area (Å²) >= 11 is 0. The highest BCUT2D eigenvalue weighted by atomic mass is 19.1. The fraction of sp³-hybridized carbons (Fsp3) is 0.588. The molecule has 1 amide bonds. The van der Waals surface area contributed by atoms with Gasteiger partial charge in [0.2, 0.25) is 5.91 Å². The van der Waals surface area contributed by atoms with Crippen LogP contribution in [0.5, 0.6) is 0 Å². The van der Waals surface area contributed by atoms with Crippen LogP contribution in [0.1, 0.15) is 32.3 Å². The standard InChI is InChI=1S/C17H24F2N2O/c1-3-20(11-14-15(18)5-4-6-16(14)19)12-17(22)21-9-7-13(2)8-10-21/h4-6,13H,3,7-12H2,1-2H3. The van der Waals surface area contributed by atoms with E-state index in [1.54, 1.807) is 4.90 Å². The zero-order valence-corrected chi connectivity index (χ0v) is 13.3. The topological polar surface area (TPSA) is 23.6 Å². The molecule has 1 aliphatic rings. The van der Waals surface area contributed by atoms with Crippen LogP contribution >= 0.6 is 0 Å². The number of rotatable bonds is 5. The van der Waals surface area contributed by atoms with Crippen molar-refractivity contribution >= 4 is 5.91 Å². The molecule has 1 aliphatic heterocycles. The van der Waals surface area contributed by atoms with E-state index in [1.807, 2.05) is 11.8 Å². The second-order valence-electron chi connectivity index (χ2n) is 6.07. The highest BCUT2D eigenvalue weighted by molar-refractivity contribution is 5.78. The summed E-state index contributed by atoms with van der Waals surface area (Å²) in [6, 6.07) is 3.85. The Kier molecular flexibility index (Phi) is 5.89. The maximum atomic E-state index is 13.7. The number of benzene rings is 1. The summed E-state index contributed by atoms with van der Waals surface area (Å²) in [6.07, 6.45) is 2.06. The molecular formula is C17H24F2N2O. The molecule has 0 atom stereocenters. The van der Waals surface area contributed by atoms with Gasteiger partial charge in [-0.25, -0.2) is 8.78 Å². The van der Waals surface area contributed by atoms with Crippen molar-refractivity contribution < 1.29 is 13.6 Å². The summed E-state index contributed by atoms with van der Waals surface area (Å²) in [6.45, 7) is 6.55. The molecule has 1 heterocycles. The molecule has 0 aromatic heterocycles. The molecule has 122 valence electrons. The Morgan fingerprint density at radius 1 is 1.27 bits per heavy atom. The van der Waals surface area contributed by atoms with E-state index in [0.29, 0.717) is 12.5 Å². The lowest BCUT2D eigenvalue weighted by atomic mass is 9.99. The Bertz CT molecular complexity index is 493. The predicted octanol–water partition coefficient (Wildman–Crippen LogP) is 3.05. The second kappa shape index (κ2) is 7.68. The van der Waals surface area contributed by atoms with Crippen LogP contribution in [0.15, 0.2) is 18.2 Å². The molecule has 1 saturated heterocycles. The first kappa shape index (κ1) is 16.9. The van der Waals surface area contributed by atoms with E-state index in [2.05, 4.69) is 6.92 Å². The molecule has 0 spiro atoms. The molecule has 1 aromatic carbocycles. The molecule has 22 heavy (non-hydrogen) atoms. The lowest BCUT2D eigenvalue weighted by Gasteiger charge is -2.32. The quantitative estimate of drug-likeness (QED) is 0.834. The van der Waals surface area contributed by atoms with E-state index in [-0.39, 0.29) is 24.6 Å². The van der Waals surface area contributed by atoms with E-state index in [0.717, 1.165) is 25.9 Å². The molecule has 0 radical (unpaired) electrons. The third kappa shape index (κ3) is 4.26. The van der Waals surface area contributed by atoms with Gasteiger partial charge in [-0.05, 0) is 37.4 Å². The first-order chi connectivity index (χ1) is 10.5. The number of carbonyl (C=O) groups excluding carboxylic acids is 1. The van der Waals surface area contributed by atoms with Gasteiger partial charge in [0, 0.05) is 25.2 Å². The molecule has 0 N–H and O–H groups in total. The Balaban J connectivity index is 1.96. The van der Waals surface area contributed by atoms with Crippen LogP contribution in [0.3, 0.4) is 0 Å². The summed E-state index contributed by atoms with van der Waals surface area (Å²) in [5.41, 5.74) is 0.0319. The summed E-state index contributed by atoms with van der Waals surface area (Å²) in [5.74, 6) is -0.403. The minimum absolute atomic E-state index is 0.0319. The van der Waals surface area contributed by atoms with Crippen molar-refractivity contribution in [3.8, 4) is 0 Å². The largest absolute Gasteiger partial charge is 0.342 e. The third-order valence-corrected chi connectivity index (χ3v) is 4.39. The first-order valence-electron chi connectivity index (χ1n) is 7.94. The molecular weight excluding hydrogens is 286 g/mol. The molecule has 0 aliphatic carbocycles. The lowest BCUT2D eigenvalue weighted by molar-refractivity contribution is -0.133. The third-order valence-electron chi connectivity index (χ3n) is 4.39. The zero-order chi connectivity index (χ0) is 16.1. The van der Waals surface area contributed by atoms with Crippen molar-refractivity contribution in [3.05, 3.63) is 35.4 Å². The summed E-state index contributed by atoms with van der Waals surface area (Å²) in [4.78, 5) is 16.0. The number of piperidine rings is 1. The van der Waals surface area contributed by atoms with Gasteiger partial charge in [-0.15, -0.1) is 0 Å². The van der Waals surface area contributed by atoms with Crippen molar-refractivity contribution in [2.45, 2.75) is 33.2 Å². The van der Waals surface area contributed by atoms with Crippen LogP contribution in [0, 0.1) is 17.6 Å². The fourth-order valence-corrected chi connectivity index (χ4v) is 2.74. The van der Waals surface area contributed by atoms with Crippen molar-refractivity contribution in [2.75, 3.05) is 26.2 Å². The van der Waals surface area contributed by atoms with Gasteiger partial charge in [-0.2, -0.15) is 0 Å². The number of halogens is 2. The average Bonchev–Trinajstić information content (AvgIpc) is 2.50. The average molecular weight is 310 g/mol. The Morgan fingerprint density at radius 3 is 2.41 bits per heavy atom. The monoisotopic (exact) mass is 310 g/mol. The number of carbonyl (C=O) groups is 1. The van der Waals surface area contributed by atoms with Gasteiger partial charge < -0.3 is 4.90 Å². The van der Waals surface area contributed by atoms with Crippen LogP contribution in [0.4, 0.5) is 8.78 Å². The van der Waals surface area contributed by atoms with Gasteiger partial charge in [0.05, 0.1) is 6.54 Å². The zero-order valence-electron chi connectivity index (χ0n) is 13.3. The Hall–Kier alpha value is -1.49. The Morgan fingerprint density at radius 2 is 1.86 bits per heavy atom. The van der Waals surface area contributed by atoms with Crippen LogP contribution in [-0.2, 0) is 11.3 Å². The maximum Gasteiger partial charge on any atom is 0.236 e. The summed E-state index contributed by atoms with van der Waals surface area (Å²) in [5, 5.41) is 0. The lowest BCUT2D eigenvalue weighted by Crippen LogP contribution is -2.43. The summed E-state index contributed by atoms with van der Waals surface area (Å²) < 4.78 is 27.4. The highest BCUT2D eigenvalue weighted by Crippen LogP contribution is 2.17.